The van der Waals surface area contributed by atoms with Crippen LogP contribution in [0.1, 0.15) is 37.9 Å². The van der Waals surface area contributed by atoms with Crippen molar-refractivity contribution < 1.29 is 9.90 Å². The maximum atomic E-state index is 11.2. The van der Waals surface area contributed by atoms with E-state index >= 15 is 0 Å². The molecule has 1 atom stereocenters. The van der Waals surface area contributed by atoms with Crippen LogP contribution in [0.15, 0.2) is 35.7 Å². The summed E-state index contributed by atoms with van der Waals surface area (Å²) in [5, 5.41) is 15.1. The Morgan fingerprint density at radius 1 is 1.38 bits per heavy atom. The molecule has 0 radical (unpaired) electrons. The third kappa shape index (κ3) is 3.61. The molecule has 4 nitrogen and oxygen atoms in total. The monoisotopic (exact) mass is 304 g/mol. The van der Waals surface area contributed by atoms with Gasteiger partial charge in [-0.3, -0.25) is 4.79 Å². The number of nitrogens with zero attached hydrogens (tertiary/aromatic N) is 1. The van der Waals surface area contributed by atoms with Crippen LogP contribution in [-0.2, 0) is 10.2 Å². The number of aromatic nitrogens is 1. The first kappa shape index (κ1) is 15.5. The Balaban J connectivity index is 1.99. The van der Waals surface area contributed by atoms with Crippen LogP contribution >= 0.6 is 11.3 Å². The topological polar surface area (TPSA) is 62.2 Å². The number of rotatable bonds is 6. The molecular formula is C16H20N2O2S. The van der Waals surface area contributed by atoms with Crippen molar-refractivity contribution in [2.24, 2.45) is 0 Å². The van der Waals surface area contributed by atoms with Gasteiger partial charge in [0.25, 0.3) is 0 Å². The fourth-order valence-electron chi connectivity index (χ4n) is 1.89. The molecule has 21 heavy (non-hydrogen) atoms. The predicted molar refractivity (Wildman–Crippen MR) is 86.1 cm³/mol. The second-order valence-electron chi connectivity index (χ2n) is 5.66. The Kier molecular flexibility index (Phi) is 4.63. The maximum absolute atomic E-state index is 11.2. The molecule has 0 spiro atoms. The van der Waals surface area contributed by atoms with Gasteiger partial charge >= 0.3 is 5.97 Å². The third-order valence-corrected chi connectivity index (χ3v) is 4.41. The summed E-state index contributed by atoms with van der Waals surface area (Å²) >= 11 is 1.45. The second kappa shape index (κ2) is 6.26. The number of carbonyl (C=O) groups is 1. The minimum atomic E-state index is -0.957. The van der Waals surface area contributed by atoms with Crippen LogP contribution in [0.4, 0.5) is 5.13 Å². The fraction of sp³-hybridized carbons (Fsp3) is 0.375. The summed E-state index contributed by atoms with van der Waals surface area (Å²) in [6, 6.07) is 10.3. The van der Waals surface area contributed by atoms with Crippen molar-refractivity contribution in [3.8, 4) is 0 Å². The zero-order chi connectivity index (χ0) is 15.5. The lowest BCUT2D eigenvalue weighted by Crippen LogP contribution is -2.28. The predicted octanol–water partition coefficient (Wildman–Crippen LogP) is 3.72. The largest absolute Gasteiger partial charge is 0.481 e. The van der Waals surface area contributed by atoms with Crippen molar-refractivity contribution in [1.82, 2.24) is 4.98 Å². The lowest BCUT2D eigenvalue weighted by Gasteiger charge is -2.16. The molecule has 1 aromatic carbocycles. The Morgan fingerprint density at radius 3 is 2.67 bits per heavy atom. The number of nitrogens with one attached hydrogen (secondary N) is 1. The average molecular weight is 304 g/mol. The SMILES string of the molecule is CC(CNc1nc(C(C)(C)C(=O)O)cs1)c1ccccc1. The van der Waals surface area contributed by atoms with Gasteiger partial charge in [0.15, 0.2) is 5.13 Å². The van der Waals surface area contributed by atoms with Crippen LogP contribution in [0.2, 0.25) is 0 Å². The van der Waals surface area contributed by atoms with Gasteiger partial charge in [-0.25, -0.2) is 4.98 Å². The Bertz CT molecular complexity index is 608. The molecule has 0 fully saturated rings. The number of anilines is 1. The van der Waals surface area contributed by atoms with Crippen molar-refractivity contribution in [3.05, 3.63) is 47.0 Å². The van der Waals surface area contributed by atoms with E-state index in [9.17, 15) is 9.90 Å². The van der Waals surface area contributed by atoms with Crippen LogP contribution in [0.25, 0.3) is 0 Å². The normalized spacial score (nSPS) is 12.9. The third-order valence-electron chi connectivity index (χ3n) is 3.61. The summed E-state index contributed by atoms with van der Waals surface area (Å²) in [7, 11) is 0. The van der Waals surface area contributed by atoms with Crippen LogP contribution in [0, 0.1) is 0 Å². The molecule has 112 valence electrons. The molecule has 0 aliphatic heterocycles. The molecule has 5 heteroatoms. The van der Waals surface area contributed by atoms with Crippen LogP contribution in [0.3, 0.4) is 0 Å². The minimum absolute atomic E-state index is 0.367. The summed E-state index contributed by atoms with van der Waals surface area (Å²) in [5.41, 5.74) is 0.907. The van der Waals surface area contributed by atoms with Crippen molar-refractivity contribution in [2.45, 2.75) is 32.1 Å². The second-order valence-corrected chi connectivity index (χ2v) is 6.52. The van der Waals surface area contributed by atoms with Crippen molar-refractivity contribution in [3.63, 3.8) is 0 Å². The lowest BCUT2D eigenvalue weighted by molar-refractivity contribution is -0.142. The standard InChI is InChI=1S/C16H20N2O2S/c1-11(12-7-5-4-6-8-12)9-17-15-18-13(10-21-15)16(2,3)14(19)20/h4-8,10-11H,9H2,1-3H3,(H,17,18)(H,19,20). The smallest absolute Gasteiger partial charge is 0.315 e. The Hall–Kier alpha value is -1.88. The van der Waals surface area contributed by atoms with E-state index in [1.165, 1.54) is 16.9 Å². The molecule has 1 unspecified atom stereocenters. The molecule has 0 amide bonds. The Morgan fingerprint density at radius 2 is 2.05 bits per heavy atom. The maximum Gasteiger partial charge on any atom is 0.315 e. The summed E-state index contributed by atoms with van der Waals surface area (Å²) in [4.78, 5) is 15.6. The van der Waals surface area contributed by atoms with Gasteiger partial charge in [0.2, 0.25) is 0 Å². The van der Waals surface area contributed by atoms with Gasteiger partial charge in [0.1, 0.15) is 5.41 Å². The highest BCUT2D eigenvalue weighted by molar-refractivity contribution is 7.13. The van der Waals surface area contributed by atoms with E-state index < -0.39 is 11.4 Å². The molecule has 0 saturated carbocycles. The van der Waals surface area contributed by atoms with Crippen molar-refractivity contribution in [2.75, 3.05) is 11.9 Å². The van der Waals surface area contributed by atoms with Gasteiger partial charge in [-0.2, -0.15) is 0 Å². The molecule has 0 aliphatic rings. The Labute approximate surface area is 128 Å². The highest BCUT2D eigenvalue weighted by atomic mass is 32.1. The first-order chi connectivity index (χ1) is 9.91. The van der Waals surface area contributed by atoms with Gasteiger partial charge in [0.05, 0.1) is 5.69 Å². The van der Waals surface area contributed by atoms with E-state index in [4.69, 9.17) is 0 Å². The molecule has 2 rings (SSSR count). The molecule has 1 heterocycles. The van der Waals surface area contributed by atoms with Gasteiger partial charge in [-0.1, -0.05) is 37.3 Å². The van der Waals surface area contributed by atoms with Crippen molar-refractivity contribution in [1.29, 1.82) is 0 Å². The van der Waals surface area contributed by atoms with Gasteiger partial charge < -0.3 is 10.4 Å². The van der Waals surface area contributed by atoms with Crippen LogP contribution < -0.4 is 5.32 Å². The minimum Gasteiger partial charge on any atom is -0.481 e. The molecule has 0 bridgehead atoms. The molecule has 2 N–H and O–H groups in total. The average Bonchev–Trinajstić information content (AvgIpc) is 2.95. The number of hydrogen-bond donors (Lipinski definition) is 2. The van der Waals surface area contributed by atoms with E-state index in [0.717, 1.165) is 11.7 Å². The summed E-state index contributed by atoms with van der Waals surface area (Å²) in [6.45, 7) is 6.25. The van der Waals surface area contributed by atoms with E-state index in [1.807, 2.05) is 23.6 Å². The summed E-state index contributed by atoms with van der Waals surface area (Å²) < 4.78 is 0. The number of hydrogen-bond acceptors (Lipinski definition) is 4. The fourth-order valence-corrected chi connectivity index (χ4v) is 2.78. The molecular weight excluding hydrogens is 284 g/mol. The number of benzene rings is 1. The van der Waals surface area contributed by atoms with Crippen molar-refractivity contribution >= 4 is 22.4 Å². The first-order valence-corrected chi connectivity index (χ1v) is 7.77. The highest BCUT2D eigenvalue weighted by Crippen LogP contribution is 2.27. The quantitative estimate of drug-likeness (QED) is 0.854. The van der Waals surface area contributed by atoms with Gasteiger partial charge in [-0.15, -0.1) is 11.3 Å². The van der Waals surface area contributed by atoms with E-state index in [1.54, 1.807) is 13.8 Å². The molecule has 2 aromatic rings. The molecule has 0 aliphatic carbocycles. The number of carboxylic acids is 1. The van der Waals surface area contributed by atoms with Gasteiger partial charge in [-0.05, 0) is 25.3 Å². The van der Waals surface area contributed by atoms with Gasteiger partial charge in [0, 0.05) is 11.9 Å². The lowest BCUT2D eigenvalue weighted by atomic mass is 9.90. The van der Waals surface area contributed by atoms with E-state index in [-0.39, 0.29) is 0 Å². The molecule has 0 saturated heterocycles. The molecule has 1 aromatic heterocycles. The van der Waals surface area contributed by atoms with E-state index in [0.29, 0.717) is 11.6 Å². The van der Waals surface area contributed by atoms with E-state index in [2.05, 4.69) is 29.4 Å². The summed E-state index contributed by atoms with van der Waals surface area (Å²) in [6.07, 6.45) is 0. The van der Waals surface area contributed by atoms with Crippen LogP contribution in [0.5, 0.6) is 0 Å². The number of thiazole rings is 1. The zero-order valence-electron chi connectivity index (χ0n) is 12.5. The first-order valence-electron chi connectivity index (χ1n) is 6.89. The zero-order valence-corrected chi connectivity index (χ0v) is 13.3. The summed E-state index contributed by atoms with van der Waals surface area (Å²) in [5.74, 6) is -0.497. The highest BCUT2D eigenvalue weighted by Gasteiger charge is 2.32. The van der Waals surface area contributed by atoms with Crippen LogP contribution in [-0.4, -0.2) is 22.6 Å². The number of aliphatic carboxylic acids is 1. The number of carboxylic acid groups (broad SMARTS) is 1.